The van der Waals surface area contributed by atoms with Crippen LogP contribution in [0.1, 0.15) is 24.4 Å². The van der Waals surface area contributed by atoms with Gasteiger partial charge in [-0.15, -0.1) is 5.10 Å². The van der Waals surface area contributed by atoms with Gasteiger partial charge in [0.2, 0.25) is 0 Å². The molecular weight excluding hydrogens is 240 g/mol. The Balaban J connectivity index is 1.45. The van der Waals surface area contributed by atoms with Gasteiger partial charge in [0, 0.05) is 31.7 Å². The fourth-order valence-corrected chi connectivity index (χ4v) is 2.11. The first-order valence-electron chi connectivity index (χ1n) is 6.89. The number of hydrogen-bond acceptors (Lipinski definition) is 4. The molecule has 6 heteroatoms. The van der Waals surface area contributed by atoms with E-state index in [4.69, 9.17) is 0 Å². The summed E-state index contributed by atoms with van der Waals surface area (Å²) in [5.74, 6) is 1.94. The normalized spacial score (nSPS) is 15.0. The summed E-state index contributed by atoms with van der Waals surface area (Å²) in [6.45, 7) is 5.65. The second-order valence-electron chi connectivity index (χ2n) is 5.22. The molecule has 0 aromatic carbocycles. The maximum Gasteiger partial charge on any atom is 0.105 e. The van der Waals surface area contributed by atoms with Crippen LogP contribution in [0.5, 0.6) is 0 Å². The van der Waals surface area contributed by atoms with E-state index in [-0.39, 0.29) is 0 Å². The fraction of sp³-hybridized carbons (Fsp3) is 0.615. The number of nitrogens with one attached hydrogen (secondary N) is 1. The summed E-state index contributed by atoms with van der Waals surface area (Å²) in [6.07, 6.45) is 8.59. The van der Waals surface area contributed by atoms with Crippen molar-refractivity contribution in [1.29, 1.82) is 0 Å². The average molecular weight is 260 g/mol. The van der Waals surface area contributed by atoms with Gasteiger partial charge in [0.25, 0.3) is 0 Å². The predicted octanol–water partition coefficient (Wildman–Crippen LogP) is 0.983. The summed E-state index contributed by atoms with van der Waals surface area (Å²) < 4.78 is 4.01. The first-order valence-corrected chi connectivity index (χ1v) is 6.89. The highest BCUT2D eigenvalue weighted by atomic mass is 15.4. The molecule has 0 amide bonds. The maximum absolute atomic E-state index is 4.20. The molecule has 1 aliphatic rings. The zero-order valence-electron chi connectivity index (χ0n) is 11.3. The van der Waals surface area contributed by atoms with Gasteiger partial charge in [0.15, 0.2) is 0 Å². The molecule has 19 heavy (non-hydrogen) atoms. The van der Waals surface area contributed by atoms with Gasteiger partial charge in [-0.3, -0.25) is 4.68 Å². The van der Waals surface area contributed by atoms with E-state index in [1.165, 1.54) is 12.8 Å². The summed E-state index contributed by atoms with van der Waals surface area (Å²) in [5.41, 5.74) is 1.02. The Kier molecular flexibility index (Phi) is 3.59. The second kappa shape index (κ2) is 5.52. The van der Waals surface area contributed by atoms with E-state index in [0.717, 1.165) is 43.6 Å². The van der Waals surface area contributed by atoms with Crippen molar-refractivity contribution in [2.75, 3.05) is 6.54 Å². The minimum Gasteiger partial charge on any atom is -0.333 e. The van der Waals surface area contributed by atoms with Crippen LogP contribution in [0.3, 0.4) is 0 Å². The molecule has 102 valence electrons. The SMILES string of the molecule is Cc1nccn1CCn1cc(CNCC2CC2)nn1. The van der Waals surface area contributed by atoms with E-state index in [1.54, 1.807) is 0 Å². The molecule has 1 N–H and O–H groups in total. The molecule has 2 aromatic rings. The Bertz CT molecular complexity index is 525. The molecule has 3 rings (SSSR count). The van der Waals surface area contributed by atoms with Crippen molar-refractivity contribution >= 4 is 0 Å². The van der Waals surface area contributed by atoms with Crippen molar-refractivity contribution < 1.29 is 0 Å². The van der Waals surface area contributed by atoms with Gasteiger partial charge < -0.3 is 9.88 Å². The third-order valence-corrected chi connectivity index (χ3v) is 3.52. The van der Waals surface area contributed by atoms with Crippen LogP contribution < -0.4 is 5.32 Å². The van der Waals surface area contributed by atoms with Gasteiger partial charge >= 0.3 is 0 Å². The van der Waals surface area contributed by atoms with Gasteiger partial charge in [-0.05, 0) is 32.2 Å². The first kappa shape index (κ1) is 12.3. The highest BCUT2D eigenvalue weighted by Gasteiger charge is 2.20. The van der Waals surface area contributed by atoms with Gasteiger partial charge in [0.1, 0.15) is 5.82 Å². The summed E-state index contributed by atoms with van der Waals surface area (Å²) in [6, 6.07) is 0. The Morgan fingerprint density at radius 2 is 2.26 bits per heavy atom. The lowest BCUT2D eigenvalue weighted by Gasteiger charge is -2.04. The van der Waals surface area contributed by atoms with Crippen LogP contribution in [0.15, 0.2) is 18.6 Å². The van der Waals surface area contributed by atoms with Gasteiger partial charge in [-0.25, -0.2) is 4.98 Å². The van der Waals surface area contributed by atoms with E-state index in [0.29, 0.717) is 0 Å². The van der Waals surface area contributed by atoms with Crippen molar-refractivity contribution in [2.24, 2.45) is 5.92 Å². The van der Waals surface area contributed by atoms with Crippen LogP contribution in [0, 0.1) is 12.8 Å². The van der Waals surface area contributed by atoms with E-state index in [9.17, 15) is 0 Å². The van der Waals surface area contributed by atoms with E-state index >= 15 is 0 Å². The number of hydrogen-bond donors (Lipinski definition) is 1. The summed E-state index contributed by atoms with van der Waals surface area (Å²) in [5, 5.41) is 11.8. The number of nitrogens with zero attached hydrogens (tertiary/aromatic N) is 5. The molecule has 1 fully saturated rings. The third kappa shape index (κ3) is 3.41. The smallest absolute Gasteiger partial charge is 0.105 e. The minimum absolute atomic E-state index is 0.820. The molecule has 0 bridgehead atoms. The van der Waals surface area contributed by atoms with Crippen molar-refractivity contribution in [2.45, 2.75) is 39.4 Å². The number of imidazole rings is 1. The van der Waals surface area contributed by atoms with Crippen molar-refractivity contribution in [3.8, 4) is 0 Å². The minimum atomic E-state index is 0.820. The lowest BCUT2D eigenvalue weighted by Crippen LogP contribution is -2.16. The molecule has 0 spiro atoms. The summed E-state index contributed by atoms with van der Waals surface area (Å²) >= 11 is 0. The second-order valence-corrected chi connectivity index (χ2v) is 5.22. The maximum atomic E-state index is 4.20. The quantitative estimate of drug-likeness (QED) is 0.806. The van der Waals surface area contributed by atoms with Crippen molar-refractivity contribution in [3.63, 3.8) is 0 Å². The monoisotopic (exact) mass is 260 g/mol. The zero-order valence-corrected chi connectivity index (χ0v) is 11.3. The van der Waals surface area contributed by atoms with Gasteiger partial charge in [-0.1, -0.05) is 5.21 Å². The molecular formula is C13H20N6. The molecule has 1 saturated carbocycles. The molecule has 2 heterocycles. The molecule has 0 radical (unpaired) electrons. The first-order chi connectivity index (χ1) is 9.31. The number of aryl methyl sites for hydroxylation is 3. The largest absolute Gasteiger partial charge is 0.333 e. The topological polar surface area (TPSA) is 60.6 Å². The van der Waals surface area contributed by atoms with Crippen LogP contribution in [0.25, 0.3) is 0 Å². The Morgan fingerprint density at radius 1 is 1.37 bits per heavy atom. The molecule has 0 saturated heterocycles. The van der Waals surface area contributed by atoms with Gasteiger partial charge in [0.05, 0.1) is 12.2 Å². The van der Waals surface area contributed by atoms with Crippen molar-refractivity contribution in [3.05, 3.63) is 30.1 Å². The third-order valence-electron chi connectivity index (χ3n) is 3.52. The molecule has 0 unspecified atom stereocenters. The lowest BCUT2D eigenvalue weighted by molar-refractivity contribution is 0.513. The lowest BCUT2D eigenvalue weighted by atomic mass is 10.4. The Morgan fingerprint density at radius 3 is 3.00 bits per heavy atom. The Labute approximate surface area is 112 Å². The highest BCUT2D eigenvalue weighted by molar-refractivity contribution is 4.93. The Hall–Kier alpha value is -1.69. The number of aromatic nitrogens is 5. The van der Waals surface area contributed by atoms with E-state index < -0.39 is 0 Å². The van der Waals surface area contributed by atoms with Crippen LogP contribution in [0.2, 0.25) is 0 Å². The van der Waals surface area contributed by atoms with E-state index in [1.807, 2.05) is 30.2 Å². The van der Waals surface area contributed by atoms with Crippen molar-refractivity contribution in [1.82, 2.24) is 29.9 Å². The molecule has 6 nitrogen and oxygen atoms in total. The van der Waals surface area contributed by atoms with Gasteiger partial charge in [-0.2, -0.15) is 0 Å². The standard InChI is InChI=1S/C13H20N6/c1-11-15-4-5-18(11)6-7-19-10-13(16-17-19)9-14-8-12-2-3-12/h4-5,10,12,14H,2-3,6-9H2,1H3. The molecule has 2 aromatic heterocycles. The molecule has 1 aliphatic carbocycles. The fourth-order valence-electron chi connectivity index (χ4n) is 2.11. The highest BCUT2D eigenvalue weighted by Crippen LogP contribution is 2.27. The average Bonchev–Trinajstić information content (AvgIpc) is 2.96. The summed E-state index contributed by atoms with van der Waals surface area (Å²) in [4.78, 5) is 4.20. The molecule has 0 atom stereocenters. The van der Waals surface area contributed by atoms with Crippen LogP contribution in [0.4, 0.5) is 0 Å². The predicted molar refractivity (Wildman–Crippen MR) is 71.4 cm³/mol. The summed E-state index contributed by atoms with van der Waals surface area (Å²) in [7, 11) is 0. The molecule has 0 aliphatic heterocycles. The zero-order chi connectivity index (χ0) is 13.1. The van der Waals surface area contributed by atoms with Crippen LogP contribution in [-0.4, -0.2) is 31.1 Å². The van der Waals surface area contributed by atoms with Crippen LogP contribution in [-0.2, 0) is 19.6 Å². The van der Waals surface area contributed by atoms with E-state index in [2.05, 4.69) is 25.2 Å². The van der Waals surface area contributed by atoms with Crippen LogP contribution >= 0.6 is 0 Å². The number of rotatable bonds is 7.